The van der Waals surface area contributed by atoms with Gasteiger partial charge in [0, 0.05) is 10.0 Å². The van der Waals surface area contributed by atoms with Gasteiger partial charge in [0.2, 0.25) is 5.78 Å². The van der Waals surface area contributed by atoms with E-state index in [1.165, 1.54) is 6.07 Å². The quantitative estimate of drug-likeness (QED) is 0.840. The highest BCUT2D eigenvalue weighted by molar-refractivity contribution is 9.10. The number of rotatable bonds is 2. The highest BCUT2D eigenvalue weighted by atomic mass is 79.9. The van der Waals surface area contributed by atoms with E-state index in [0.717, 1.165) is 4.47 Å². The number of Topliss-reactive ketones (excluding diaryl/α,β-unsaturated/α-hetero) is 1. The predicted molar refractivity (Wildman–Crippen MR) is 81.7 cm³/mol. The average molecular weight is 347 g/mol. The second-order valence-corrected chi connectivity index (χ2v) is 5.39. The number of allylic oxidation sites excluding steroid dienone is 1. The number of aromatic hydroxyl groups is 1. The van der Waals surface area contributed by atoms with Gasteiger partial charge < -0.3 is 14.6 Å². The lowest BCUT2D eigenvalue weighted by molar-refractivity contribution is 0.101. The van der Waals surface area contributed by atoms with Crippen LogP contribution < -0.4 is 9.47 Å². The van der Waals surface area contributed by atoms with Gasteiger partial charge in [-0.25, -0.2) is 0 Å². The van der Waals surface area contributed by atoms with E-state index in [0.29, 0.717) is 17.1 Å². The smallest absolute Gasteiger partial charge is 0.235 e. The topological polar surface area (TPSA) is 55.8 Å². The fourth-order valence-corrected chi connectivity index (χ4v) is 2.55. The average Bonchev–Trinajstić information content (AvgIpc) is 2.77. The number of phenols is 1. The first-order chi connectivity index (χ1) is 10.1. The van der Waals surface area contributed by atoms with Gasteiger partial charge >= 0.3 is 0 Å². The summed E-state index contributed by atoms with van der Waals surface area (Å²) in [5.41, 5.74) is 0.903. The maximum atomic E-state index is 12.3. The number of ketones is 1. The molecule has 0 fully saturated rings. The van der Waals surface area contributed by atoms with Crippen LogP contribution >= 0.6 is 15.9 Å². The second-order valence-electron chi connectivity index (χ2n) is 4.48. The number of carbonyl (C=O) groups is 1. The zero-order valence-corrected chi connectivity index (χ0v) is 12.7. The molecule has 4 nitrogen and oxygen atoms in total. The molecule has 0 unspecified atom stereocenters. The van der Waals surface area contributed by atoms with Crippen molar-refractivity contribution in [2.24, 2.45) is 0 Å². The summed E-state index contributed by atoms with van der Waals surface area (Å²) in [4.78, 5) is 12.3. The Morgan fingerprint density at radius 1 is 1.29 bits per heavy atom. The lowest BCUT2D eigenvalue weighted by atomic mass is 10.1. The van der Waals surface area contributed by atoms with E-state index in [4.69, 9.17) is 9.47 Å². The molecule has 106 valence electrons. The number of ether oxygens (including phenoxy) is 2. The molecular weight excluding hydrogens is 336 g/mol. The monoisotopic (exact) mass is 346 g/mol. The second kappa shape index (κ2) is 5.26. The summed E-state index contributed by atoms with van der Waals surface area (Å²) in [6, 6.07) is 10.2. The van der Waals surface area contributed by atoms with Crippen LogP contribution in [-0.4, -0.2) is 18.0 Å². The van der Waals surface area contributed by atoms with Crippen molar-refractivity contribution in [1.82, 2.24) is 0 Å². The van der Waals surface area contributed by atoms with Gasteiger partial charge in [0.1, 0.15) is 22.8 Å². The molecule has 1 aliphatic rings. The van der Waals surface area contributed by atoms with Gasteiger partial charge in [0.25, 0.3) is 0 Å². The number of halogens is 1. The third kappa shape index (κ3) is 2.40. The minimum atomic E-state index is -0.342. The molecular formula is C16H11BrO4. The van der Waals surface area contributed by atoms with Crippen molar-refractivity contribution < 1.29 is 19.4 Å². The largest absolute Gasteiger partial charge is 0.507 e. The van der Waals surface area contributed by atoms with Crippen LogP contribution in [0.1, 0.15) is 15.9 Å². The lowest BCUT2D eigenvalue weighted by Gasteiger charge is -2.06. The molecule has 0 radical (unpaired) electrons. The Labute approximate surface area is 129 Å². The maximum Gasteiger partial charge on any atom is 0.235 e. The van der Waals surface area contributed by atoms with Crippen LogP contribution in [0.15, 0.2) is 46.6 Å². The lowest BCUT2D eigenvalue weighted by Crippen LogP contribution is -1.99. The van der Waals surface area contributed by atoms with E-state index in [-0.39, 0.29) is 22.9 Å². The standard InChI is InChI=1S/C16H11BrO4/c1-20-12-6-5-10(17)7-9(12)8-14-16(19)15-11(18)3-2-4-13(15)21-14/h2-8,18H,1H3/b14-8-. The number of methoxy groups -OCH3 is 1. The SMILES string of the molecule is COc1ccc(Br)cc1/C=C1\Oc2cccc(O)c2C1=O. The van der Waals surface area contributed by atoms with Gasteiger partial charge in [-0.15, -0.1) is 0 Å². The Morgan fingerprint density at radius 2 is 2.10 bits per heavy atom. The van der Waals surface area contributed by atoms with E-state index >= 15 is 0 Å². The summed E-state index contributed by atoms with van der Waals surface area (Å²) in [6.45, 7) is 0. The van der Waals surface area contributed by atoms with Crippen LogP contribution in [0.3, 0.4) is 0 Å². The van der Waals surface area contributed by atoms with Crippen LogP contribution in [0.4, 0.5) is 0 Å². The van der Waals surface area contributed by atoms with Crippen LogP contribution in [0.25, 0.3) is 6.08 Å². The zero-order valence-electron chi connectivity index (χ0n) is 11.1. The maximum absolute atomic E-state index is 12.3. The highest BCUT2D eigenvalue weighted by Crippen LogP contribution is 2.38. The summed E-state index contributed by atoms with van der Waals surface area (Å²) in [7, 11) is 1.56. The summed E-state index contributed by atoms with van der Waals surface area (Å²) in [5.74, 6) is 0.720. The molecule has 1 N–H and O–H groups in total. The molecule has 0 bridgehead atoms. The van der Waals surface area contributed by atoms with Crippen molar-refractivity contribution in [3.8, 4) is 17.2 Å². The summed E-state index contributed by atoms with van der Waals surface area (Å²) in [5, 5.41) is 9.77. The van der Waals surface area contributed by atoms with Crippen LogP contribution in [0.2, 0.25) is 0 Å². The van der Waals surface area contributed by atoms with Crippen molar-refractivity contribution in [3.63, 3.8) is 0 Å². The van der Waals surface area contributed by atoms with Gasteiger partial charge in [0.15, 0.2) is 5.76 Å². The fraction of sp³-hybridized carbons (Fsp3) is 0.0625. The van der Waals surface area contributed by atoms with E-state index in [9.17, 15) is 9.90 Å². The molecule has 3 rings (SSSR count). The molecule has 1 aliphatic heterocycles. The number of hydrogen-bond donors (Lipinski definition) is 1. The first-order valence-electron chi connectivity index (χ1n) is 6.20. The van der Waals surface area contributed by atoms with Crippen LogP contribution in [-0.2, 0) is 0 Å². The Hall–Kier alpha value is -2.27. The Morgan fingerprint density at radius 3 is 2.81 bits per heavy atom. The molecule has 0 saturated carbocycles. The van der Waals surface area contributed by atoms with Gasteiger partial charge in [-0.1, -0.05) is 22.0 Å². The molecule has 5 heteroatoms. The molecule has 0 atom stereocenters. The Bertz CT molecular complexity index is 765. The molecule has 0 saturated heterocycles. The first kappa shape index (κ1) is 13.7. The molecule has 0 aromatic heterocycles. The van der Waals surface area contributed by atoms with Crippen LogP contribution in [0, 0.1) is 0 Å². The number of hydrogen-bond acceptors (Lipinski definition) is 4. The Balaban J connectivity index is 2.06. The van der Waals surface area contributed by atoms with Gasteiger partial charge in [-0.05, 0) is 36.4 Å². The van der Waals surface area contributed by atoms with E-state index in [1.807, 2.05) is 12.1 Å². The minimum Gasteiger partial charge on any atom is -0.507 e. The van der Waals surface area contributed by atoms with Crippen molar-refractivity contribution in [1.29, 1.82) is 0 Å². The van der Waals surface area contributed by atoms with Crippen molar-refractivity contribution in [2.75, 3.05) is 7.11 Å². The van der Waals surface area contributed by atoms with E-state index in [1.54, 1.807) is 31.4 Å². The highest BCUT2D eigenvalue weighted by Gasteiger charge is 2.30. The minimum absolute atomic E-state index is 0.0814. The molecule has 21 heavy (non-hydrogen) atoms. The Kier molecular flexibility index (Phi) is 3.43. The number of phenolic OH excluding ortho intramolecular Hbond substituents is 1. The molecule has 1 heterocycles. The van der Waals surface area contributed by atoms with Crippen LogP contribution in [0.5, 0.6) is 17.2 Å². The molecule has 0 aliphatic carbocycles. The van der Waals surface area contributed by atoms with Crippen molar-refractivity contribution >= 4 is 27.8 Å². The number of fused-ring (bicyclic) bond motifs is 1. The summed E-state index contributed by atoms with van der Waals surface area (Å²) in [6.07, 6.45) is 1.60. The molecule has 0 amide bonds. The molecule has 2 aromatic carbocycles. The van der Waals surface area contributed by atoms with Gasteiger partial charge in [-0.3, -0.25) is 4.79 Å². The third-order valence-corrected chi connectivity index (χ3v) is 3.65. The van der Waals surface area contributed by atoms with E-state index < -0.39 is 0 Å². The molecule has 2 aromatic rings. The summed E-state index contributed by atoms with van der Waals surface area (Å²) >= 11 is 3.38. The van der Waals surface area contributed by atoms with Crippen molar-refractivity contribution in [3.05, 3.63) is 57.8 Å². The van der Waals surface area contributed by atoms with Gasteiger partial charge in [0.05, 0.1) is 7.11 Å². The third-order valence-electron chi connectivity index (χ3n) is 3.15. The molecule has 0 spiro atoms. The first-order valence-corrected chi connectivity index (χ1v) is 6.99. The number of benzene rings is 2. The zero-order chi connectivity index (χ0) is 15.0. The van der Waals surface area contributed by atoms with Gasteiger partial charge in [-0.2, -0.15) is 0 Å². The summed E-state index contributed by atoms with van der Waals surface area (Å²) < 4.78 is 11.7. The number of carbonyl (C=O) groups excluding carboxylic acids is 1. The fourth-order valence-electron chi connectivity index (χ4n) is 2.18. The normalized spacial score (nSPS) is 15.0. The van der Waals surface area contributed by atoms with E-state index in [2.05, 4.69) is 15.9 Å². The van der Waals surface area contributed by atoms with Crippen molar-refractivity contribution in [2.45, 2.75) is 0 Å². The predicted octanol–water partition coefficient (Wildman–Crippen LogP) is 3.78.